The highest BCUT2D eigenvalue weighted by atomic mass is 32.1. The van der Waals surface area contributed by atoms with Gasteiger partial charge in [-0.15, -0.1) is 0 Å². The van der Waals surface area contributed by atoms with Crippen LogP contribution < -0.4 is 0 Å². The zero-order chi connectivity index (χ0) is 7.52. The van der Waals surface area contributed by atoms with E-state index in [-0.39, 0.29) is 0 Å². The minimum Gasteiger partial charge on any atom is -0.348 e. The molecule has 0 radical (unpaired) electrons. The molecule has 0 saturated heterocycles. The largest absolute Gasteiger partial charge is 0.348 e. The summed E-state index contributed by atoms with van der Waals surface area (Å²) in [6.45, 7) is 0. The van der Waals surface area contributed by atoms with Crippen LogP contribution in [0.25, 0.3) is 0 Å². The Morgan fingerprint density at radius 2 is 2.55 bits per heavy atom. The summed E-state index contributed by atoms with van der Waals surface area (Å²) < 4.78 is 0. The maximum absolute atomic E-state index is 4.14. The van der Waals surface area contributed by atoms with E-state index in [2.05, 4.69) is 26.8 Å². The van der Waals surface area contributed by atoms with Gasteiger partial charge in [0, 0.05) is 18.8 Å². The second kappa shape index (κ2) is 2.88. The van der Waals surface area contributed by atoms with Crippen molar-refractivity contribution in [3.05, 3.63) is 40.6 Å². The topological polar surface area (TPSA) is 28.7 Å². The van der Waals surface area contributed by atoms with E-state index in [4.69, 9.17) is 0 Å². The first-order chi connectivity index (χ1) is 5.45. The molecule has 0 aliphatic rings. The van der Waals surface area contributed by atoms with Gasteiger partial charge in [0.15, 0.2) is 0 Å². The standard InChI is InChI=1S/C8H8N2S/c1-4-11-6-7(1)5-8-9-2-3-10-8/h1-4,6H,5H2,(H,9,10). The van der Waals surface area contributed by atoms with Crippen molar-refractivity contribution in [2.24, 2.45) is 0 Å². The number of imidazole rings is 1. The van der Waals surface area contributed by atoms with Gasteiger partial charge in [-0.25, -0.2) is 4.98 Å². The molecule has 0 atom stereocenters. The number of H-pyrrole nitrogens is 1. The molecule has 2 nitrogen and oxygen atoms in total. The summed E-state index contributed by atoms with van der Waals surface area (Å²) in [5.74, 6) is 1.03. The Labute approximate surface area is 68.9 Å². The fourth-order valence-corrected chi connectivity index (χ4v) is 1.65. The average molecular weight is 164 g/mol. The van der Waals surface area contributed by atoms with E-state index in [9.17, 15) is 0 Å². The summed E-state index contributed by atoms with van der Waals surface area (Å²) in [6.07, 6.45) is 4.54. The van der Waals surface area contributed by atoms with Gasteiger partial charge in [-0.1, -0.05) is 0 Å². The molecule has 0 aliphatic heterocycles. The number of hydrogen-bond donors (Lipinski definition) is 1. The Morgan fingerprint density at radius 3 is 3.18 bits per heavy atom. The van der Waals surface area contributed by atoms with Crippen LogP contribution in [0.1, 0.15) is 11.4 Å². The molecule has 0 fully saturated rings. The Morgan fingerprint density at radius 1 is 1.55 bits per heavy atom. The van der Waals surface area contributed by atoms with E-state index < -0.39 is 0 Å². The minimum absolute atomic E-state index is 0.913. The first-order valence-electron chi connectivity index (χ1n) is 3.44. The van der Waals surface area contributed by atoms with E-state index in [1.165, 1.54) is 5.56 Å². The quantitative estimate of drug-likeness (QED) is 0.723. The molecule has 0 saturated carbocycles. The van der Waals surface area contributed by atoms with Gasteiger partial charge in [-0.2, -0.15) is 11.3 Å². The fraction of sp³-hybridized carbons (Fsp3) is 0.125. The number of thiophene rings is 1. The monoisotopic (exact) mass is 164 g/mol. The normalized spacial score (nSPS) is 10.2. The number of hydrogen-bond acceptors (Lipinski definition) is 2. The number of nitrogens with zero attached hydrogens (tertiary/aromatic N) is 1. The highest BCUT2D eigenvalue weighted by molar-refractivity contribution is 7.07. The van der Waals surface area contributed by atoms with Crippen molar-refractivity contribution in [2.45, 2.75) is 6.42 Å². The summed E-state index contributed by atoms with van der Waals surface area (Å²) in [5.41, 5.74) is 1.32. The van der Waals surface area contributed by atoms with Gasteiger partial charge in [0.05, 0.1) is 0 Å². The lowest BCUT2D eigenvalue weighted by Crippen LogP contribution is -1.86. The van der Waals surface area contributed by atoms with Crippen molar-refractivity contribution in [1.29, 1.82) is 0 Å². The van der Waals surface area contributed by atoms with Crippen LogP contribution in [0.2, 0.25) is 0 Å². The van der Waals surface area contributed by atoms with Gasteiger partial charge in [0.25, 0.3) is 0 Å². The Kier molecular flexibility index (Phi) is 1.73. The second-order valence-electron chi connectivity index (χ2n) is 2.34. The first-order valence-corrected chi connectivity index (χ1v) is 4.39. The number of aromatic amines is 1. The molecule has 0 amide bonds. The maximum atomic E-state index is 4.14. The molecular weight excluding hydrogens is 156 g/mol. The molecule has 0 bridgehead atoms. The van der Waals surface area contributed by atoms with Crippen molar-refractivity contribution >= 4 is 11.3 Å². The molecule has 56 valence electrons. The van der Waals surface area contributed by atoms with Crippen LogP contribution in [-0.2, 0) is 6.42 Å². The molecule has 0 aromatic carbocycles. The highest BCUT2D eigenvalue weighted by Gasteiger charge is 1.96. The molecule has 0 spiro atoms. The van der Waals surface area contributed by atoms with E-state index in [0.29, 0.717) is 0 Å². The summed E-state index contributed by atoms with van der Waals surface area (Å²) >= 11 is 1.72. The third-order valence-corrected chi connectivity index (χ3v) is 2.24. The lowest BCUT2D eigenvalue weighted by molar-refractivity contribution is 1.03. The van der Waals surface area contributed by atoms with Crippen molar-refractivity contribution < 1.29 is 0 Å². The van der Waals surface area contributed by atoms with Crippen molar-refractivity contribution in [3.8, 4) is 0 Å². The summed E-state index contributed by atoms with van der Waals surface area (Å²) in [5, 5.41) is 4.22. The lowest BCUT2D eigenvalue weighted by Gasteiger charge is -1.90. The molecular formula is C8H8N2S. The minimum atomic E-state index is 0.913. The van der Waals surface area contributed by atoms with Crippen molar-refractivity contribution in [3.63, 3.8) is 0 Å². The summed E-state index contributed by atoms with van der Waals surface area (Å²) in [7, 11) is 0. The predicted molar refractivity (Wildman–Crippen MR) is 45.7 cm³/mol. The molecule has 11 heavy (non-hydrogen) atoms. The van der Waals surface area contributed by atoms with Gasteiger partial charge in [0.1, 0.15) is 5.82 Å². The maximum Gasteiger partial charge on any atom is 0.110 e. The van der Waals surface area contributed by atoms with Crippen molar-refractivity contribution in [1.82, 2.24) is 9.97 Å². The molecule has 2 rings (SSSR count). The third-order valence-electron chi connectivity index (χ3n) is 1.51. The summed E-state index contributed by atoms with van der Waals surface area (Å²) in [6, 6.07) is 2.12. The van der Waals surface area contributed by atoms with Crippen LogP contribution in [0, 0.1) is 0 Å². The Balaban J connectivity index is 2.14. The Bertz CT molecular complexity index is 264. The van der Waals surface area contributed by atoms with Crippen LogP contribution in [-0.4, -0.2) is 9.97 Å². The fourth-order valence-electron chi connectivity index (χ4n) is 0.981. The van der Waals surface area contributed by atoms with Crippen LogP contribution in [0.5, 0.6) is 0 Å². The summed E-state index contributed by atoms with van der Waals surface area (Å²) in [4.78, 5) is 7.21. The lowest BCUT2D eigenvalue weighted by atomic mass is 10.2. The molecule has 3 heteroatoms. The molecule has 2 heterocycles. The van der Waals surface area contributed by atoms with Crippen LogP contribution >= 0.6 is 11.3 Å². The smallest absolute Gasteiger partial charge is 0.110 e. The predicted octanol–water partition coefficient (Wildman–Crippen LogP) is 2.06. The van der Waals surface area contributed by atoms with Crippen LogP contribution in [0.4, 0.5) is 0 Å². The third kappa shape index (κ3) is 1.49. The first kappa shape index (κ1) is 6.61. The second-order valence-corrected chi connectivity index (χ2v) is 3.12. The van der Waals surface area contributed by atoms with Gasteiger partial charge in [0.2, 0.25) is 0 Å². The van der Waals surface area contributed by atoms with E-state index in [1.54, 1.807) is 17.5 Å². The SMILES string of the molecule is c1c[nH]c(Cc2ccsc2)n1. The van der Waals surface area contributed by atoms with Crippen LogP contribution in [0.15, 0.2) is 29.2 Å². The van der Waals surface area contributed by atoms with E-state index in [0.717, 1.165) is 12.2 Å². The van der Waals surface area contributed by atoms with Gasteiger partial charge in [-0.3, -0.25) is 0 Å². The molecule has 2 aromatic rings. The van der Waals surface area contributed by atoms with Gasteiger partial charge in [-0.05, 0) is 22.4 Å². The highest BCUT2D eigenvalue weighted by Crippen LogP contribution is 2.09. The number of rotatable bonds is 2. The van der Waals surface area contributed by atoms with E-state index >= 15 is 0 Å². The van der Waals surface area contributed by atoms with Crippen molar-refractivity contribution in [2.75, 3.05) is 0 Å². The van der Waals surface area contributed by atoms with E-state index in [1.807, 2.05) is 6.20 Å². The zero-order valence-electron chi connectivity index (χ0n) is 5.95. The van der Waals surface area contributed by atoms with Gasteiger partial charge >= 0.3 is 0 Å². The zero-order valence-corrected chi connectivity index (χ0v) is 6.77. The average Bonchev–Trinajstić information content (AvgIpc) is 2.60. The van der Waals surface area contributed by atoms with Gasteiger partial charge < -0.3 is 4.98 Å². The molecule has 2 aromatic heterocycles. The van der Waals surface area contributed by atoms with Crippen LogP contribution in [0.3, 0.4) is 0 Å². The molecule has 0 aliphatic carbocycles. The molecule has 1 N–H and O–H groups in total. The Hall–Kier alpha value is -1.09. The number of aromatic nitrogens is 2. The molecule has 0 unspecified atom stereocenters. The number of nitrogens with one attached hydrogen (secondary N) is 1.